The van der Waals surface area contributed by atoms with E-state index in [9.17, 15) is 4.79 Å². The minimum absolute atomic E-state index is 0.182. The van der Waals surface area contributed by atoms with E-state index in [0.717, 1.165) is 41.6 Å². The Balaban J connectivity index is 1.62. The highest BCUT2D eigenvalue weighted by Crippen LogP contribution is 2.26. The minimum atomic E-state index is -0.182. The third-order valence-electron chi connectivity index (χ3n) is 4.71. The number of fused-ring (bicyclic) bond motifs is 1. The summed E-state index contributed by atoms with van der Waals surface area (Å²) in [4.78, 5) is 28.3. The van der Waals surface area contributed by atoms with Crippen LogP contribution in [0.1, 0.15) is 27.6 Å². The van der Waals surface area contributed by atoms with Gasteiger partial charge in [0.1, 0.15) is 5.82 Å². The highest BCUT2D eigenvalue weighted by Gasteiger charge is 2.26. The number of carbonyl (C=O) groups is 1. The number of amides is 1. The molecule has 0 unspecified atom stereocenters. The number of nitrogens with zero attached hydrogens (tertiary/aromatic N) is 5. The Morgan fingerprint density at radius 1 is 1.15 bits per heavy atom. The summed E-state index contributed by atoms with van der Waals surface area (Å²) in [7, 11) is 2.06. The van der Waals surface area contributed by atoms with Crippen LogP contribution in [-0.2, 0) is 19.6 Å². The first-order valence-corrected chi connectivity index (χ1v) is 9.01. The molecule has 7 nitrogen and oxygen atoms in total. The molecular weight excluding hydrogens is 340 g/mol. The van der Waals surface area contributed by atoms with Crippen molar-refractivity contribution in [3.63, 3.8) is 0 Å². The van der Waals surface area contributed by atoms with Gasteiger partial charge >= 0.3 is 0 Å². The van der Waals surface area contributed by atoms with Gasteiger partial charge in [0.2, 0.25) is 0 Å². The van der Waals surface area contributed by atoms with Crippen molar-refractivity contribution in [2.75, 3.05) is 13.6 Å². The van der Waals surface area contributed by atoms with Crippen LogP contribution < -0.4 is 5.32 Å². The minimum Gasteiger partial charge on any atom is -0.345 e. The number of aromatic nitrogens is 4. The lowest BCUT2D eigenvalue weighted by Crippen LogP contribution is -2.32. The molecule has 1 amide bonds. The van der Waals surface area contributed by atoms with Crippen LogP contribution in [0, 0.1) is 6.92 Å². The molecule has 1 N–H and O–H groups in total. The molecule has 138 valence electrons. The molecule has 27 heavy (non-hydrogen) atoms. The molecular formula is C20H22N6O. The van der Waals surface area contributed by atoms with Gasteiger partial charge in [-0.05, 0) is 14.0 Å². The predicted octanol–water partition coefficient (Wildman–Crippen LogP) is 2.02. The molecule has 4 rings (SSSR count). The van der Waals surface area contributed by atoms with Crippen LogP contribution in [0.3, 0.4) is 0 Å². The van der Waals surface area contributed by atoms with Crippen LogP contribution in [0.4, 0.5) is 0 Å². The maximum absolute atomic E-state index is 12.9. The van der Waals surface area contributed by atoms with Crippen molar-refractivity contribution in [1.29, 1.82) is 0 Å². The zero-order valence-corrected chi connectivity index (χ0v) is 15.5. The van der Waals surface area contributed by atoms with Crippen molar-refractivity contribution in [2.24, 2.45) is 0 Å². The fraction of sp³-hybridized carbons (Fsp3) is 0.300. The summed E-state index contributed by atoms with van der Waals surface area (Å²) < 4.78 is 2.16. The molecule has 3 aromatic rings. The van der Waals surface area contributed by atoms with Gasteiger partial charge < -0.3 is 9.88 Å². The molecule has 2 aromatic heterocycles. The van der Waals surface area contributed by atoms with Crippen LogP contribution in [0.2, 0.25) is 0 Å². The Bertz CT molecular complexity index is 949. The second kappa shape index (κ2) is 7.28. The number of likely N-dealkylation sites (N-methyl/N-ethyl adjacent to an activating group) is 1. The van der Waals surface area contributed by atoms with E-state index >= 15 is 0 Å². The molecule has 0 bridgehead atoms. The summed E-state index contributed by atoms with van der Waals surface area (Å²) in [6.07, 6.45) is 3.38. The summed E-state index contributed by atoms with van der Waals surface area (Å²) in [6, 6.07) is 10.0. The molecule has 1 aliphatic heterocycles. The molecule has 0 saturated carbocycles. The van der Waals surface area contributed by atoms with Crippen LogP contribution in [-0.4, -0.2) is 43.9 Å². The lowest BCUT2D eigenvalue weighted by Gasteiger charge is -2.25. The fourth-order valence-electron chi connectivity index (χ4n) is 3.25. The van der Waals surface area contributed by atoms with Crippen LogP contribution in [0.15, 0.2) is 42.7 Å². The van der Waals surface area contributed by atoms with E-state index in [1.165, 1.54) is 0 Å². The van der Waals surface area contributed by atoms with E-state index in [4.69, 9.17) is 4.98 Å². The number of nitrogens with one attached hydrogen (secondary N) is 1. The summed E-state index contributed by atoms with van der Waals surface area (Å²) in [5, 5.41) is 2.93. The van der Waals surface area contributed by atoms with Gasteiger partial charge in [0.25, 0.3) is 5.91 Å². The second-order valence-electron chi connectivity index (χ2n) is 6.82. The first-order chi connectivity index (χ1) is 13.1. The predicted molar refractivity (Wildman–Crippen MR) is 102 cm³/mol. The van der Waals surface area contributed by atoms with Crippen molar-refractivity contribution >= 4 is 5.91 Å². The Morgan fingerprint density at radius 2 is 1.96 bits per heavy atom. The lowest BCUT2D eigenvalue weighted by molar-refractivity contribution is 0.0943. The Hall–Kier alpha value is -3.06. The lowest BCUT2D eigenvalue weighted by atomic mass is 10.2. The highest BCUT2D eigenvalue weighted by molar-refractivity contribution is 5.94. The Labute approximate surface area is 158 Å². The average molecular weight is 362 g/mol. The van der Waals surface area contributed by atoms with Crippen LogP contribution in [0.5, 0.6) is 0 Å². The number of aryl methyl sites for hydroxylation is 1. The van der Waals surface area contributed by atoms with E-state index in [-0.39, 0.29) is 5.91 Å². The number of hydrogen-bond acceptors (Lipinski definition) is 5. The van der Waals surface area contributed by atoms with Crippen molar-refractivity contribution in [1.82, 2.24) is 29.7 Å². The number of benzene rings is 1. The van der Waals surface area contributed by atoms with Crippen LogP contribution >= 0.6 is 0 Å². The number of imidazole rings is 1. The van der Waals surface area contributed by atoms with Crippen molar-refractivity contribution in [3.05, 3.63) is 65.5 Å². The zero-order valence-electron chi connectivity index (χ0n) is 15.5. The third kappa shape index (κ3) is 3.59. The molecule has 0 saturated heterocycles. The summed E-state index contributed by atoms with van der Waals surface area (Å²) in [6.45, 7) is 4.67. The quantitative estimate of drug-likeness (QED) is 0.768. The summed E-state index contributed by atoms with van der Waals surface area (Å²) >= 11 is 0. The van der Waals surface area contributed by atoms with Gasteiger partial charge in [-0.1, -0.05) is 30.3 Å². The van der Waals surface area contributed by atoms with Gasteiger partial charge in [-0.2, -0.15) is 0 Å². The normalized spacial score (nSPS) is 14.0. The van der Waals surface area contributed by atoms with E-state index in [0.29, 0.717) is 18.8 Å². The number of hydrogen-bond donors (Lipinski definition) is 1. The molecule has 7 heteroatoms. The first kappa shape index (κ1) is 17.4. The monoisotopic (exact) mass is 362 g/mol. The molecule has 0 aliphatic carbocycles. The highest BCUT2D eigenvalue weighted by atomic mass is 16.1. The third-order valence-corrected chi connectivity index (χ3v) is 4.71. The zero-order chi connectivity index (χ0) is 18.8. The molecule has 1 aromatic carbocycles. The van der Waals surface area contributed by atoms with Gasteiger partial charge in [0.15, 0.2) is 5.69 Å². The Morgan fingerprint density at radius 3 is 2.70 bits per heavy atom. The fourth-order valence-corrected chi connectivity index (χ4v) is 3.25. The molecule has 3 heterocycles. The van der Waals surface area contributed by atoms with Gasteiger partial charge in [-0.15, -0.1) is 0 Å². The van der Waals surface area contributed by atoms with Gasteiger partial charge in [-0.3, -0.25) is 19.7 Å². The smallest absolute Gasteiger partial charge is 0.272 e. The van der Waals surface area contributed by atoms with Gasteiger partial charge in [0, 0.05) is 31.4 Å². The van der Waals surface area contributed by atoms with E-state index < -0.39 is 0 Å². The number of rotatable bonds is 4. The average Bonchev–Trinajstić information content (AvgIpc) is 3.07. The summed E-state index contributed by atoms with van der Waals surface area (Å²) in [5.41, 5.74) is 4.04. The summed E-state index contributed by atoms with van der Waals surface area (Å²) in [5.74, 6) is 0.664. The standard InChI is InChI=1S/C20H22N6O/c1-14-10-22-16(11-21-14)12-23-20(27)18-17-13-25(2)8-9-26(17)19(24-18)15-6-4-3-5-7-15/h3-7,10-11H,8-9,12-13H2,1-2H3,(H,23,27). The molecule has 0 atom stereocenters. The topological polar surface area (TPSA) is 75.9 Å². The van der Waals surface area contributed by atoms with E-state index in [1.54, 1.807) is 12.4 Å². The van der Waals surface area contributed by atoms with Crippen LogP contribution in [0.25, 0.3) is 11.4 Å². The largest absolute Gasteiger partial charge is 0.345 e. The second-order valence-corrected chi connectivity index (χ2v) is 6.82. The maximum Gasteiger partial charge on any atom is 0.272 e. The molecule has 0 spiro atoms. The van der Waals surface area contributed by atoms with E-state index in [2.05, 4.69) is 31.8 Å². The molecule has 1 aliphatic rings. The maximum atomic E-state index is 12.9. The van der Waals surface area contributed by atoms with Crippen molar-refractivity contribution < 1.29 is 4.79 Å². The first-order valence-electron chi connectivity index (χ1n) is 9.01. The molecule has 0 radical (unpaired) electrons. The van der Waals surface area contributed by atoms with Gasteiger partial charge in [0.05, 0.1) is 29.8 Å². The van der Waals surface area contributed by atoms with Gasteiger partial charge in [-0.25, -0.2) is 4.98 Å². The molecule has 0 fully saturated rings. The number of carbonyl (C=O) groups excluding carboxylic acids is 1. The van der Waals surface area contributed by atoms with E-state index in [1.807, 2.05) is 37.3 Å². The van der Waals surface area contributed by atoms with Crippen molar-refractivity contribution in [2.45, 2.75) is 26.6 Å². The SMILES string of the molecule is Cc1cnc(CNC(=O)c2nc(-c3ccccc3)n3c2CN(C)CC3)cn1. The van der Waals surface area contributed by atoms with Crippen molar-refractivity contribution in [3.8, 4) is 11.4 Å². The Kier molecular flexibility index (Phi) is 4.68.